The zero-order valence-corrected chi connectivity index (χ0v) is 19.0. The van der Waals surface area contributed by atoms with Gasteiger partial charge in [-0.05, 0) is 30.3 Å². The molecule has 2 heterocycles. The van der Waals surface area contributed by atoms with E-state index in [-0.39, 0.29) is 11.7 Å². The van der Waals surface area contributed by atoms with E-state index < -0.39 is 0 Å². The fourth-order valence-electron chi connectivity index (χ4n) is 3.25. The molecule has 0 unspecified atom stereocenters. The van der Waals surface area contributed by atoms with Gasteiger partial charge in [0.1, 0.15) is 0 Å². The number of para-hydroxylation sites is 1. The second kappa shape index (κ2) is 10.5. The van der Waals surface area contributed by atoms with Crippen LogP contribution in [-0.2, 0) is 16.1 Å². The largest absolute Gasteiger partial charge is 0.379 e. The Hall–Kier alpha value is -2.10. The highest BCUT2D eigenvalue weighted by atomic mass is 35.5. The van der Waals surface area contributed by atoms with Gasteiger partial charge in [-0.1, -0.05) is 53.2 Å². The highest BCUT2D eigenvalue weighted by Crippen LogP contribution is 2.25. The fourth-order valence-corrected chi connectivity index (χ4v) is 4.54. The number of amides is 1. The molecule has 2 aromatic carbocycles. The summed E-state index contributed by atoms with van der Waals surface area (Å²) in [5, 5.41) is 13.2. The summed E-state index contributed by atoms with van der Waals surface area (Å²) >= 11 is 13.3. The van der Waals surface area contributed by atoms with Crippen LogP contribution < -0.4 is 5.32 Å². The minimum atomic E-state index is -0.180. The Morgan fingerprint density at radius 3 is 2.48 bits per heavy atom. The predicted molar refractivity (Wildman–Crippen MR) is 123 cm³/mol. The molecule has 31 heavy (non-hydrogen) atoms. The van der Waals surface area contributed by atoms with Crippen LogP contribution in [0.25, 0.3) is 5.69 Å². The van der Waals surface area contributed by atoms with Crippen molar-refractivity contribution in [3.8, 4) is 5.69 Å². The third kappa shape index (κ3) is 5.99. The van der Waals surface area contributed by atoms with Gasteiger partial charge in [-0.2, -0.15) is 0 Å². The summed E-state index contributed by atoms with van der Waals surface area (Å²) in [5.41, 5.74) is 1.51. The Labute approximate surface area is 194 Å². The lowest BCUT2D eigenvalue weighted by Gasteiger charge is -2.26. The van der Waals surface area contributed by atoms with Crippen LogP contribution in [0.5, 0.6) is 0 Å². The standard InChI is InChI=1S/C21H21Cl2N5O2S/c22-15-10-16(23)12-17(11-15)24-20(29)14-31-21-26-25-19(13-27-6-8-30-9-7-27)28(21)18-4-2-1-3-5-18/h1-5,10-12H,6-9,13-14H2,(H,24,29). The highest BCUT2D eigenvalue weighted by Gasteiger charge is 2.19. The Balaban J connectivity index is 1.48. The molecule has 1 aliphatic heterocycles. The van der Waals surface area contributed by atoms with E-state index in [9.17, 15) is 4.79 Å². The SMILES string of the molecule is O=C(CSc1nnc(CN2CCOCC2)n1-c1ccccc1)Nc1cc(Cl)cc(Cl)c1. The molecule has 0 radical (unpaired) electrons. The van der Waals surface area contributed by atoms with Gasteiger partial charge in [-0.25, -0.2) is 0 Å². The Morgan fingerprint density at radius 2 is 1.77 bits per heavy atom. The predicted octanol–water partition coefficient (Wildman–Crippen LogP) is 4.14. The van der Waals surface area contributed by atoms with Crippen molar-refractivity contribution >= 4 is 46.6 Å². The summed E-state index contributed by atoms with van der Waals surface area (Å²) < 4.78 is 7.44. The maximum Gasteiger partial charge on any atom is 0.234 e. The molecule has 4 rings (SSSR count). The number of morpholine rings is 1. The summed E-state index contributed by atoms with van der Waals surface area (Å²) in [6.07, 6.45) is 0. The van der Waals surface area contributed by atoms with E-state index >= 15 is 0 Å². The minimum Gasteiger partial charge on any atom is -0.379 e. The van der Waals surface area contributed by atoms with Crippen LogP contribution in [0, 0.1) is 0 Å². The molecule has 0 spiro atoms. The Kier molecular flexibility index (Phi) is 7.47. The molecule has 0 bridgehead atoms. The molecular formula is C21H21Cl2N5O2S. The summed E-state index contributed by atoms with van der Waals surface area (Å²) in [5.74, 6) is 0.824. The fraction of sp³-hybridized carbons (Fsp3) is 0.286. The Morgan fingerprint density at radius 1 is 1.06 bits per heavy atom. The van der Waals surface area contributed by atoms with E-state index in [0.717, 1.165) is 37.8 Å². The number of hydrogen-bond acceptors (Lipinski definition) is 6. The van der Waals surface area contributed by atoms with E-state index in [0.29, 0.717) is 27.4 Å². The maximum atomic E-state index is 12.5. The molecule has 1 fully saturated rings. The lowest BCUT2D eigenvalue weighted by Crippen LogP contribution is -2.36. The molecular weight excluding hydrogens is 457 g/mol. The Bertz CT molecular complexity index is 1020. The molecule has 1 aliphatic rings. The average molecular weight is 478 g/mol. The molecule has 3 aromatic rings. The van der Waals surface area contributed by atoms with Crippen LogP contribution in [0.2, 0.25) is 10.0 Å². The molecule has 1 N–H and O–H groups in total. The van der Waals surface area contributed by atoms with E-state index in [2.05, 4.69) is 20.4 Å². The number of halogens is 2. The number of rotatable bonds is 7. The van der Waals surface area contributed by atoms with Crippen molar-refractivity contribution in [3.63, 3.8) is 0 Å². The van der Waals surface area contributed by atoms with Crippen LogP contribution in [0.3, 0.4) is 0 Å². The number of thioether (sulfide) groups is 1. The number of anilines is 1. The molecule has 1 amide bonds. The number of nitrogens with one attached hydrogen (secondary N) is 1. The van der Waals surface area contributed by atoms with Crippen molar-refractivity contribution in [2.24, 2.45) is 0 Å². The third-order valence-corrected chi connectivity index (χ3v) is 6.03. The summed E-state index contributed by atoms with van der Waals surface area (Å²) in [6, 6.07) is 14.8. The van der Waals surface area contributed by atoms with Gasteiger partial charge in [-0.15, -0.1) is 10.2 Å². The first-order valence-electron chi connectivity index (χ1n) is 9.77. The van der Waals surface area contributed by atoms with Gasteiger partial charge < -0.3 is 10.1 Å². The molecule has 0 atom stereocenters. The monoisotopic (exact) mass is 477 g/mol. The molecule has 7 nitrogen and oxygen atoms in total. The summed E-state index contributed by atoms with van der Waals surface area (Å²) in [7, 11) is 0. The molecule has 0 aliphatic carbocycles. The number of nitrogens with zero attached hydrogens (tertiary/aromatic N) is 4. The summed E-state index contributed by atoms with van der Waals surface area (Å²) in [6.45, 7) is 3.81. The molecule has 0 saturated carbocycles. The maximum absolute atomic E-state index is 12.5. The van der Waals surface area contributed by atoms with Crippen LogP contribution in [-0.4, -0.2) is 57.6 Å². The van der Waals surface area contributed by atoms with Gasteiger partial charge in [0.05, 0.1) is 25.5 Å². The first-order valence-corrected chi connectivity index (χ1v) is 11.5. The first-order chi connectivity index (χ1) is 15.1. The number of carbonyl (C=O) groups is 1. The highest BCUT2D eigenvalue weighted by molar-refractivity contribution is 7.99. The average Bonchev–Trinajstić information content (AvgIpc) is 3.15. The number of ether oxygens (including phenoxy) is 1. The number of carbonyl (C=O) groups excluding carboxylic acids is 1. The second-order valence-electron chi connectivity index (χ2n) is 6.95. The summed E-state index contributed by atoms with van der Waals surface area (Å²) in [4.78, 5) is 14.8. The number of aromatic nitrogens is 3. The zero-order chi connectivity index (χ0) is 21.6. The lowest BCUT2D eigenvalue weighted by molar-refractivity contribution is -0.113. The van der Waals surface area contributed by atoms with E-state index in [1.807, 2.05) is 34.9 Å². The molecule has 1 aromatic heterocycles. The topological polar surface area (TPSA) is 72.3 Å². The number of hydrogen-bond donors (Lipinski definition) is 1. The van der Waals surface area contributed by atoms with Crippen molar-refractivity contribution in [2.75, 3.05) is 37.4 Å². The van der Waals surface area contributed by atoms with Gasteiger partial charge in [0.15, 0.2) is 11.0 Å². The van der Waals surface area contributed by atoms with E-state index in [4.69, 9.17) is 27.9 Å². The lowest BCUT2D eigenvalue weighted by atomic mass is 10.3. The molecule has 162 valence electrons. The second-order valence-corrected chi connectivity index (χ2v) is 8.77. The quantitative estimate of drug-likeness (QED) is 0.515. The van der Waals surface area contributed by atoms with Gasteiger partial charge in [0.25, 0.3) is 0 Å². The zero-order valence-electron chi connectivity index (χ0n) is 16.6. The van der Waals surface area contributed by atoms with Crippen molar-refractivity contribution < 1.29 is 9.53 Å². The van der Waals surface area contributed by atoms with Gasteiger partial charge >= 0.3 is 0 Å². The third-order valence-electron chi connectivity index (χ3n) is 4.66. The van der Waals surface area contributed by atoms with Gasteiger partial charge in [0, 0.05) is 34.5 Å². The van der Waals surface area contributed by atoms with Gasteiger partial charge in [0.2, 0.25) is 5.91 Å². The van der Waals surface area contributed by atoms with E-state index in [1.54, 1.807) is 18.2 Å². The van der Waals surface area contributed by atoms with Crippen LogP contribution in [0.15, 0.2) is 53.7 Å². The van der Waals surface area contributed by atoms with Crippen LogP contribution in [0.1, 0.15) is 5.82 Å². The normalized spacial score (nSPS) is 14.5. The van der Waals surface area contributed by atoms with Crippen LogP contribution in [0.4, 0.5) is 5.69 Å². The minimum absolute atomic E-state index is 0.173. The van der Waals surface area contributed by atoms with Crippen LogP contribution >= 0.6 is 35.0 Å². The smallest absolute Gasteiger partial charge is 0.234 e. The first kappa shape index (κ1) is 22.1. The van der Waals surface area contributed by atoms with Gasteiger partial charge in [-0.3, -0.25) is 14.3 Å². The van der Waals surface area contributed by atoms with Crippen molar-refractivity contribution in [1.82, 2.24) is 19.7 Å². The molecule has 10 heteroatoms. The number of benzene rings is 2. The molecule has 1 saturated heterocycles. The van der Waals surface area contributed by atoms with Crippen molar-refractivity contribution in [3.05, 3.63) is 64.4 Å². The van der Waals surface area contributed by atoms with Crippen molar-refractivity contribution in [2.45, 2.75) is 11.7 Å². The van der Waals surface area contributed by atoms with E-state index in [1.165, 1.54) is 11.8 Å². The van der Waals surface area contributed by atoms with Crippen molar-refractivity contribution in [1.29, 1.82) is 0 Å².